The summed E-state index contributed by atoms with van der Waals surface area (Å²) in [6, 6.07) is 0. The van der Waals surface area contributed by atoms with Gasteiger partial charge in [-0.2, -0.15) is 0 Å². The van der Waals surface area contributed by atoms with Crippen molar-refractivity contribution in [2.75, 3.05) is 26.4 Å². The molecule has 80 valence electrons. The first-order chi connectivity index (χ1) is 6.10. The molecule has 0 aliphatic heterocycles. The molecule has 13 heavy (non-hydrogen) atoms. The lowest BCUT2D eigenvalue weighted by Crippen LogP contribution is -2.35. The van der Waals surface area contributed by atoms with Crippen LogP contribution in [0.1, 0.15) is 6.42 Å². The lowest BCUT2D eigenvalue weighted by Gasteiger charge is -2.26. The summed E-state index contributed by atoms with van der Waals surface area (Å²) in [7, 11) is 0. The van der Waals surface area contributed by atoms with Crippen molar-refractivity contribution in [2.45, 2.75) is 6.42 Å². The van der Waals surface area contributed by atoms with Crippen LogP contribution in [0.15, 0.2) is 0 Å². The first kappa shape index (κ1) is 12.9. The topological polar surface area (TPSA) is 110 Å². The fraction of sp³-hybridized carbons (Fsp3) is 1.00. The standard InChI is InChI=1S/C6H14O6S/c7-3-6(4-8,5-9)1-2-12-13(10)11/h7-9H,1-5H2,(H,10,11)/p-1. The molecule has 0 aliphatic carbocycles. The maximum absolute atomic E-state index is 9.94. The second kappa shape index (κ2) is 6.41. The van der Waals surface area contributed by atoms with Gasteiger partial charge >= 0.3 is 0 Å². The molecule has 0 amide bonds. The monoisotopic (exact) mass is 213 g/mol. The van der Waals surface area contributed by atoms with Crippen LogP contribution in [0.5, 0.6) is 0 Å². The number of hydrogen-bond acceptors (Lipinski definition) is 6. The molecule has 0 radical (unpaired) electrons. The van der Waals surface area contributed by atoms with Crippen molar-refractivity contribution in [1.29, 1.82) is 0 Å². The van der Waals surface area contributed by atoms with E-state index in [1.165, 1.54) is 0 Å². The summed E-state index contributed by atoms with van der Waals surface area (Å²) in [5, 5.41) is 26.4. The van der Waals surface area contributed by atoms with Gasteiger partial charge in [-0.15, -0.1) is 0 Å². The summed E-state index contributed by atoms with van der Waals surface area (Å²) < 4.78 is 24.1. The molecule has 6 nitrogen and oxygen atoms in total. The predicted molar refractivity (Wildman–Crippen MR) is 43.2 cm³/mol. The van der Waals surface area contributed by atoms with Gasteiger partial charge in [-0.3, -0.25) is 0 Å². The molecule has 3 N–H and O–H groups in total. The van der Waals surface area contributed by atoms with Crippen molar-refractivity contribution in [2.24, 2.45) is 5.41 Å². The Hall–Kier alpha value is -0.0500. The van der Waals surface area contributed by atoms with Crippen LogP contribution in [0, 0.1) is 5.41 Å². The van der Waals surface area contributed by atoms with E-state index in [0.717, 1.165) is 0 Å². The number of aliphatic hydroxyl groups is 3. The summed E-state index contributed by atoms with van der Waals surface area (Å²) >= 11 is -2.60. The van der Waals surface area contributed by atoms with Crippen molar-refractivity contribution in [3.63, 3.8) is 0 Å². The van der Waals surface area contributed by atoms with E-state index in [9.17, 15) is 8.76 Å². The molecule has 0 heterocycles. The molecular formula is C6H13O6S-. The molecule has 7 heteroatoms. The molecule has 0 aromatic heterocycles. The highest BCUT2D eigenvalue weighted by Crippen LogP contribution is 2.19. The summed E-state index contributed by atoms with van der Waals surface area (Å²) in [4.78, 5) is 0. The fourth-order valence-corrected chi connectivity index (χ4v) is 0.933. The van der Waals surface area contributed by atoms with Crippen molar-refractivity contribution in [1.82, 2.24) is 0 Å². The highest BCUT2D eigenvalue weighted by Gasteiger charge is 2.27. The molecule has 0 saturated heterocycles. The van der Waals surface area contributed by atoms with E-state index in [4.69, 9.17) is 15.3 Å². The molecular weight excluding hydrogens is 200 g/mol. The minimum absolute atomic E-state index is 0.0739. The van der Waals surface area contributed by atoms with Crippen LogP contribution in [0.25, 0.3) is 0 Å². The van der Waals surface area contributed by atoms with Crippen molar-refractivity contribution in [3.05, 3.63) is 0 Å². The van der Waals surface area contributed by atoms with Crippen LogP contribution >= 0.6 is 0 Å². The summed E-state index contributed by atoms with van der Waals surface area (Å²) in [5.41, 5.74) is -1.07. The largest absolute Gasteiger partial charge is 0.750 e. The van der Waals surface area contributed by atoms with E-state index in [2.05, 4.69) is 4.18 Å². The van der Waals surface area contributed by atoms with Gasteiger partial charge in [-0.1, -0.05) is 0 Å². The maximum Gasteiger partial charge on any atom is 0.0842 e. The second-order valence-corrected chi connectivity index (χ2v) is 3.39. The number of hydrogen-bond donors (Lipinski definition) is 3. The Kier molecular flexibility index (Phi) is 6.39. The zero-order valence-electron chi connectivity index (χ0n) is 7.01. The Labute approximate surface area is 78.6 Å². The Morgan fingerprint density at radius 1 is 1.23 bits per heavy atom. The molecule has 0 bridgehead atoms. The highest BCUT2D eigenvalue weighted by atomic mass is 32.2. The van der Waals surface area contributed by atoms with Crippen LogP contribution in [0.3, 0.4) is 0 Å². The molecule has 0 aliphatic rings. The summed E-state index contributed by atoms with van der Waals surface area (Å²) in [5.74, 6) is 0. The van der Waals surface area contributed by atoms with Gasteiger partial charge in [0.2, 0.25) is 0 Å². The van der Waals surface area contributed by atoms with Gasteiger partial charge < -0.3 is 24.1 Å². The van der Waals surface area contributed by atoms with Gasteiger partial charge in [0.1, 0.15) is 0 Å². The lowest BCUT2D eigenvalue weighted by molar-refractivity contribution is -0.00862. The molecule has 0 rings (SSSR count). The Bertz CT molecular complexity index is 149. The molecule has 0 fully saturated rings. The Morgan fingerprint density at radius 3 is 2.00 bits per heavy atom. The highest BCUT2D eigenvalue weighted by molar-refractivity contribution is 7.74. The van der Waals surface area contributed by atoms with E-state index in [1.54, 1.807) is 0 Å². The van der Waals surface area contributed by atoms with E-state index >= 15 is 0 Å². The van der Waals surface area contributed by atoms with Crippen LogP contribution in [-0.4, -0.2) is 50.5 Å². The first-order valence-corrected chi connectivity index (χ1v) is 4.65. The predicted octanol–water partition coefficient (Wildman–Crippen LogP) is -1.85. The van der Waals surface area contributed by atoms with Gasteiger partial charge in [0.05, 0.1) is 37.8 Å². The summed E-state index contributed by atoms with van der Waals surface area (Å²) in [6.45, 7) is -1.43. The van der Waals surface area contributed by atoms with Gasteiger partial charge in [-0.25, -0.2) is 4.21 Å². The second-order valence-electron chi connectivity index (χ2n) is 2.75. The third-order valence-corrected chi connectivity index (χ3v) is 2.18. The zero-order chi connectivity index (χ0) is 10.3. The van der Waals surface area contributed by atoms with Crippen molar-refractivity contribution in [3.8, 4) is 0 Å². The minimum Gasteiger partial charge on any atom is -0.750 e. The van der Waals surface area contributed by atoms with Crippen molar-refractivity contribution >= 4 is 11.4 Å². The van der Waals surface area contributed by atoms with Gasteiger partial charge in [0.15, 0.2) is 0 Å². The Morgan fingerprint density at radius 2 is 1.69 bits per heavy atom. The number of aliphatic hydroxyl groups excluding tert-OH is 3. The van der Waals surface area contributed by atoms with E-state index < -0.39 is 36.6 Å². The van der Waals surface area contributed by atoms with Gasteiger partial charge in [0, 0.05) is 5.41 Å². The average Bonchev–Trinajstić information content (AvgIpc) is 2.13. The van der Waals surface area contributed by atoms with Crippen LogP contribution < -0.4 is 0 Å². The van der Waals surface area contributed by atoms with Crippen molar-refractivity contribution < 1.29 is 28.3 Å². The lowest BCUT2D eigenvalue weighted by atomic mass is 9.88. The molecule has 0 aromatic carbocycles. The molecule has 0 saturated carbocycles. The van der Waals surface area contributed by atoms with Crippen LogP contribution in [0.2, 0.25) is 0 Å². The third kappa shape index (κ3) is 4.65. The molecule has 1 atom stereocenters. The van der Waals surface area contributed by atoms with E-state index in [-0.39, 0.29) is 13.0 Å². The Balaban J connectivity index is 3.88. The van der Waals surface area contributed by atoms with E-state index in [0.29, 0.717) is 0 Å². The normalized spacial score (nSPS) is 14.5. The summed E-state index contributed by atoms with van der Waals surface area (Å²) in [6.07, 6.45) is 0.0739. The zero-order valence-corrected chi connectivity index (χ0v) is 7.83. The van der Waals surface area contributed by atoms with Crippen LogP contribution in [-0.2, 0) is 15.5 Å². The minimum atomic E-state index is -2.60. The third-order valence-electron chi connectivity index (χ3n) is 1.82. The smallest absolute Gasteiger partial charge is 0.0842 e. The van der Waals surface area contributed by atoms with Gasteiger partial charge in [-0.05, 0) is 6.42 Å². The van der Waals surface area contributed by atoms with Crippen LogP contribution in [0.4, 0.5) is 0 Å². The molecule has 1 unspecified atom stereocenters. The SMILES string of the molecule is O=S([O-])OCCC(CO)(CO)CO. The van der Waals surface area contributed by atoms with Gasteiger partial charge in [0.25, 0.3) is 0 Å². The quantitative estimate of drug-likeness (QED) is 0.428. The fourth-order valence-electron chi connectivity index (χ4n) is 0.713. The maximum atomic E-state index is 9.94. The van der Waals surface area contributed by atoms with E-state index in [1.807, 2.05) is 0 Å². The number of rotatable bonds is 7. The first-order valence-electron chi connectivity index (χ1n) is 3.65. The molecule has 0 spiro atoms. The average molecular weight is 213 g/mol. The molecule has 0 aromatic rings.